The molecule has 6 heteroatoms. The highest BCUT2D eigenvalue weighted by atomic mass is 127. The van der Waals surface area contributed by atoms with Crippen LogP contribution in [-0.2, 0) is 9.47 Å². The molecule has 1 saturated heterocycles. The van der Waals surface area contributed by atoms with E-state index in [1.54, 1.807) is 7.11 Å². The van der Waals surface area contributed by atoms with Crippen LogP contribution in [0, 0.1) is 5.41 Å². The molecule has 0 saturated carbocycles. The molecular formula is C12H24IN3O2. The average Bonchev–Trinajstić information content (AvgIpc) is 2.75. The van der Waals surface area contributed by atoms with Crippen molar-refractivity contribution in [2.24, 2.45) is 10.4 Å². The Labute approximate surface area is 126 Å². The molecule has 106 valence electrons. The second kappa shape index (κ2) is 7.49. The second-order valence-electron chi connectivity index (χ2n) is 5.13. The summed E-state index contributed by atoms with van der Waals surface area (Å²) in [5.74, 6) is 0.930. The van der Waals surface area contributed by atoms with E-state index in [0.717, 1.165) is 51.7 Å². The smallest absolute Gasteiger partial charge is 0.191 e. The molecule has 18 heavy (non-hydrogen) atoms. The molecule has 0 radical (unpaired) electrons. The van der Waals surface area contributed by atoms with Crippen LogP contribution in [0.5, 0.6) is 0 Å². The van der Waals surface area contributed by atoms with Gasteiger partial charge in [0.15, 0.2) is 5.96 Å². The summed E-state index contributed by atoms with van der Waals surface area (Å²) in [6, 6.07) is 0.450. The monoisotopic (exact) mass is 369 g/mol. The van der Waals surface area contributed by atoms with E-state index in [1.165, 1.54) is 0 Å². The Balaban J connectivity index is 0.00000162. The molecule has 2 heterocycles. The Morgan fingerprint density at radius 3 is 2.78 bits per heavy atom. The van der Waals surface area contributed by atoms with Gasteiger partial charge < -0.3 is 20.1 Å². The first-order valence-corrected chi connectivity index (χ1v) is 6.36. The lowest BCUT2D eigenvalue weighted by Gasteiger charge is -2.36. The Morgan fingerprint density at radius 2 is 2.22 bits per heavy atom. The quantitative estimate of drug-likeness (QED) is 0.726. The number of halogens is 1. The first kappa shape index (κ1) is 16.0. The predicted molar refractivity (Wildman–Crippen MR) is 82.7 cm³/mol. The SMILES string of the molecule is COCC1(CNC2=NCC(C)N2)CCOCC1.I. The number of rotatable bonds is 4. The summed E-state index contributed by atoms with van der Waals surface area (Å²) in [5, 5.41) is 6.73. The molecule has 1 atom stereocenters. The summed E-state index contributed by atoms with van der Waals surface area (Å²) in [6.07, 6.45) is 2.10. The summed E-state index contributed by atoms with van der Waals surface area (Å²) in [6.45, 7) is 6.36. The van der Waals surface area contributed by atoms with Gasteiger partial charge in [0, 0.05) is 38.3 Å². The van der Waals surface area contributed by atoms with Gasteiger partial charge in [-0.2, -0.15) is 0 Å². The van der Waals surface area contributed by atoms with Crippen LogP contribution in [-0.4, -0.2) is 52.0 Å². The predicted octanol–water partition coefficient (Wildman–Crippen LogP) is 0.985. The molecule has 0 aromatic rings. The molecule has 0 amide bonds. The van der Waals surface area contributed by atoms with Gasteiger partial charge in [0.05, 0.1) is 13.2 Å². The van der Waals surface area contributed by atoms with Gasteiger partial charge in [-0.15, -0.1) is 24.0 Å². The zero-order chi connectivity index (χ0) is 12.1. The molecule has 0 aromatic carbocycles. The maximum Gasteiger partial charge on any atom is 0.191 e. The summed E-state index contributed by atoms with van der Waals surface area (Å²) in [4.78, 5) is 4.41. The number of hydrogen-bond acceptors (Lipinski definition) is 5. The number of methoxy groups -OCH3 is 1. The summed E-state index contributed by atoms with van der Waals surface area (Å²) < 4.78 is 10.8. The molecule has 0 spiro atoms. The molecule has 2 aliphatic rings. The van der Waals surface area contributed by atoms with Crippen molar-refractivity contribution in [2.75, 3.05) is 40.0 Å². The third kappa shape index (κ3) is 4.24. The molecule has 0 aromatic heterocycles. The number of ether oxygens (including phenoxy) is 2. The third-order valence-corrected chi connectivity index (χ3v) is 3.54. The molecule has 1 fully saturated rings. The van der Waals surface area contributed by atoms with Gasteiger partial charge >= 0.3 is 0 Å². The molecule has 5 nitrogen and oxygen atoms in total. The van der Waals surface area contributed by atoms with Crippen LogP contribution in [0.4, 0.5) is 0 Å². The van der Waals surface area contributed by atoms with Crippen LogP contribution in [0.2, 0.25) is 0 Å². The average molecular weight is 369 g/mol. The van der Waals surface area contributed by atoms with Gasteiger partial charge in [-0.1, -0.05) is 0 Å². The Kier molecular flexibility index (Phi) is 6.65. The first-order valence-electron chi connectivity index (χ1n) is 6.36. The van der Waals surface area contributed by atoms with Gasteiger partial charge in [-0.3, -0.25) is 4.99 Å². The van der Waals surface area contributed by atoms with Crippen molar-refractivity contribution in [1.82, 2.24) is 10.6 Å². The number of hydrogen-bond donors (Lipinski definition) is 2. The standard InChI is InChI=1S/C12H23N3O2.HI/c1-10-7-13-11(15-10)14-8-12(9-16-2)3-5-17-6-4-12;/h10H,3-9H2,1-2H3,(H2,13,14,15);1H. The lowest BCUT2D eigenvalue weighted by atomic mass is 9.81. The normalized spacial score (nSPS) is 25.9. The van der Waals surface area contributed by atoms with Crippen LogP contribution < -0.4 is 10.6 Å². The molecular weight excluding hydrogens is 345 g/mol. The zero-order valence-electron chi connectivity index (χ0n) is 11.2. The fourth-order valence-electron chi connectivity index (χ4n) is 2.41. The van der Waals surface area contributed by atoms with Crippen LogP contribution >= 0.6 is 24.0 Å². The first-order chi connectivity index (χ1) is 8.24. The fourth-order valence-corrected chi connectivity index (χ4v) is 2.41. The lowest BCUT2D eigenvalue weighted by Crippen LogP contribution is -2.47. The van der Waals surface area contributed by atoms with Gasteiger partial charge in [-0.05, 0) is 19.8 Å². The minimum Gasteiger partial charge on any atom is -0.384 e. The van der Waals surface area contributed by atoms with Gasteiger partial charge in [-0.25, -0.2) is 0 Å². The molecule has 2 N–H and O–H groups in total. The highest BCUT2D eigenvalue weighted by Crippen LogP contribution is 2.29. The topological polar surface area (TPSA) is 54.9 Å². The molecule has 0 aliphatic carbocycles. The van der Waals surface area contributed by atoms with E-state index in [0.29, 0.717) is 6.04 Å². The van der Waals surface area contributed by atoms with Crippen molar-refractivity contribution >= 4 is 29.9 Å². The van der Waals surface area contributed by atoms with E-state index in [-0.39, 0.29) is 29.4 Å². The number of guanidine groups is 1. The number of nitrogens with zero attached hydrogens (tertiary/aromatic N) is 1. The maximum absolute atomic E-state index is 5.43. The Bertz CT molecular complexity index is 275. The van der Waals surface area contributed by atoms with Gasteiger partial charge in [0.1, 0.15) is 0 Å². The molecule has 1 unspecified atom stereocenters. The lowest BCUT2D eigenvalue weighted by molar-refractivity contribution is -0.0248. The van der Waals surface area contributed by atoms with Crippen LogP contribution in [0.15, 0.2) is 4.99 Å². The Morgan fingerprint density at radius 1 is 1.50 bits per heavy atom. The van der Waals surface area contributed by atoms with E-state index in [4.69, 9.17) is 9.47 Å². The van der Waals surface area contributed by atoms with E-state index >= 15 is 0 Å². The summed E-state index contributed by atoms with van der Waals surface area (Å²) in [5.41, 5.74) is 0.197. The van der Waals surface area contributed by atoms with Crippen molar-refractivity contribution in [3.8, 4) is 0 Å². The maximum atomic E-state index is 5.43. The Hall–Kier alpha value is -0.0800. The highest BCUT2D eigenvalue weighted by Gasteiger charge is 2.33. The minimum absolute atomic E-state index is 0. The van der Waals surface area contributed by atoms with E-state index < -0.39 is 0 Å². The van der Waals surface area contributed by atoms with Gasteiger partial charge in [0.2, 0.25) is 0 Å². The number of aliphatic imine (C=N–C) groups is 1. The summed E-state index contributed by atoms with van der Waals surface area (Å²) >= 11 is 0. The van der Waals surface area contributed by atoms with Crippen molar-refractivity contribution in [2.45, 2.75) is 25.8 Å². The summed E-state index contributed by atoms with van der Waals surface area (Å²) in [7, 11) is 1.77. The van der Waals surface area contributed by atoms with Gasteiger partial charge in [0.25, 0.3) is 0 Å². The van der Waals surface area contributed by atoms with E-state index in [2.05, 4.69) is 22.5 Å². The third-order valence-electron chi connectivity index (χ3n) is 3.54. The van der Waals surface area contributed by atoms with E-state index in [9.17, 15) is 0 Å². The van der Waals surface area contributed by atoms with Crippen LogP contribution in [0.25, 0.3) is 0 Å². The largest absolute Gasteiger partial charge is 0.384 e. The molecule has 2 rings (SSSR count). The van der Waals surface area contributed by atoms with Crippen LogP contribution in [0.3, 0.4) is 0 Å². The minimum atomic E-state index is 0. The van der Waals surface area contributed by atoms with Crippen molar-refractivity contribution in [3.05, 3.63) is 0 Å². The molecule has 2 aliphatic heterocycles. The second-order valence-corrected chi connectivity index (χ2v) is 5.13. The molecule has 0 bridgehead atoms. The highest BCUT2D eigenvalue weighted by molar-refractivity contribution is 14.0. The number of nitrogens with one attached hydrogen (secondary N) is 2. The van der Waals surface area contributed by atoms with E-state index in [1.807, 2.05) is 0 Å². The van der Waals surface area contributed by atoms with Crippen molar-refractivity contribution < 1.29 is 9.47 Å². The zero-order valence-corrected chi connectivity index (χ0v) is 13.5. The fraction of sp³-hybridized carbons (Fsp3) is 0.917. The van der Waals surface area contributed by atoms with Crippen molar-refractivity contribution in [1.29, 1.82) is 0 Å². The van der Waals surface area contributed by atoms with Crippen LogP contribution in [0.1, 0.15) is 19.8 Å². The van der Waals surface area contributed by atoms with Crippen molar-refractivity contribution in [3.63, 3.8) is 0 Å².